The molecule has 2 heterocycles. The molecular weight excluding hydrogens is 486 g/mol. The largest absolute Gasteiger partial charge is 0.492 e. The molecule has 4 rings (SSSR count). The third kappa shape index (κ3) is 5.25. The van der Waals surface area contributed by atoms with Gasteiger partial charge in [-0.3, -0.25) is 4.79 Å². The molecule has 10 heteroatoms. The zero-order chi connectivity index (χ0) is 25.2. The Kier molecular flexibility index (Phi) is 7.56. The maximum atomic E-state index is 13.1. The predicted octanol–water partition coefficient (Wildman–Crippen LogP) is 3.83. The highest BCUT2D eigenvalue weighted by Gasteiger charge is 2.32. The van der Waals surface area contributed by atoms with E-state index in [1.165, 1.54) is 39.9 Å². The van der Waals surface area contributed by atoms with Gasteiger partial charge in [-0.1, -0.05) is 23.5 Å². The lowest BCUT2D eigenvalue weighted by atomic mass is 10.2. The lowest BCUT2D eigenvalue weighted by Crippen LogP contribution is -2.48. The van der Waals surface area contributed by atoms with Crippen LogP contribution in [0.2, 0.25) is 0 Å². The first-order valence-electron chi connectivity index (χ1n) is 11.4. The van der Waals surface area contributed by atoms with Crippen molar-refractivity contribution >= 4 is 37.5 Å². The van der Waals surface area contributed by atoms with E-state index in [0.29, 0.717) is 36.6 Å². The fraction of sp³-hybridized carbons (Fsp3) is 0.360. The Morgan fingerprint density at radius 2 is 1.89 bits per heavy atom. The molecule has 0 bridgehead atoms. The first-order chi connectivity index (χ1) is 16.7. The average Bonchev–Trinajstić information content (AvgIpc) is 3.17. The molecule has 3 aromatic rings. The van der Waals surface area contributed by atoms with Gasteiger partial charge in [-0.05, 0) is 57.2 Å². The second-order valence-corrected chi connectivity index (χ2v) is 11.3. The van der Waals surface area contributed by atoms with Gasteiger partial charge in [0.05, 0.1) is 28.4 Å². The van der Waals surface area contributed by atoms with Crippen LogP contribution in [0.5, 0.6) is 5.75 Å². The number of fused-ring (bicyclic) bond motifs is 1. The topological polar surface area (TPSA) is 90.2 Å². The molecule has 2 unspecified atom stereocenters. The number of carbonyl (C=O) groups excluding carboxylic acids is 1. The van der Waals surface area contributed by atoms with Crippen LogP contribution in [0, 0.1) is 0 Å². The zero-order valence-corrected chi connectivity index (χ0v) is 21.6. The quantitative estimate of drug-likeness (QED) is 0.446. The van der Waals surface area contributed by atoms with Crippen LogP contribution in [0.1, 0.15) is 31.1 Å². The maximum absolute atomic E-state index is 13.1. The summed E-state index contributed by atoms with van der Waals surface area (Å²) in [5, 5.41) is 0. The maximum Gasteiger partial charge on any atom is 0.279 e. The number of benzene rings is 2. The van der Waals surface area contributed by atoms with Crippen LogP contribution in [0.3, 0.4) is 0 Å². The number of nitrogens with zero attached hydrogens (tertiary/aromatic N) is 3. The average molecular weight is 516 g/mol. The number of hydrogen-bond acceptors (Lipinski definition) is 6. The number of amides is 1. The summed E-state index contributed by atoms with van der Waals surface area (Å²) >= 11 is 1.39. The molecule has 1 aliphatic rings. The van der Waals surface area contributed by atoms with Crippen LogP contribution >= 0.6 is 11.3 Å². The third-order valence-corrected chi connectivity index (χ3v) is 8.49. The summed E-state index contributed by atoms with van der Waals surface area (Å²) in [5.74, 6) is 0.267. The van der Waals surface area contributed by atoms with Crippen molar-refractivity contribution in [3.8, 4) is 5.75 Å². The fourth-order valence-corrected chi connectivity index (χ4v) is 6.80. The Labute approximate surface area is 209 Å². The van der Waals surface area contributed by atoms with Crippen LogP contribution in [0.15, 0.2) is 65.0 Å². The molecule has 35 heavy (non-hydrogen) atoms. The summed E-state index contributed by atoms with van der Waals surface area (Å²) in [7, 11) is -3.69. The lowest BCUT2D eigenvalue weighted by molar-refractivity contribution is -0.0440. The summed E-state index contributed by atoms with van der Waals surface area (Å²) in [6, 6.07) is 11.7. The van der Waals surface area contributed by atoms with E-state index in [4.69, 9.17) is 9.47 Å². The van der Waals surface area contributed by atoms with Crippen molar-refractivity contribution in [1.82, 2.24) is 8.87 Å². The van der Waals surface area contributed by atoms with E-state index in [1.807, 2.05) is 43.5 Å². The lowest BCUT2D eigenvalue weighted by Gasteiger charge is -2.34. The summed E-state index contributed by atoms with van der Waals surface area (Å²) < 4.78 is 41.9. The molecule has 8 nitrogen and oxygen atoms in total. The van der Waals surface area contributed by atoms with E-state index in [0.717, 1.165) is 16.0 Å². The second-order valence-electron chi connectivity index (χ2n) is 8.34. The number of carbonyl (C=O) groups is 1. The molecule has 2 atom stereocenters. The monoisotopic (exact) mass is 515 g/mol. The van der Waals surface area contributed by atoms with Crippen molar-refractivity contribution in [2.45, 2.75) is 44.4 Å². The van der Waals surface area contributed by atoms with Gasteiger partial charge in [0.1, 0.15) is 11.3 Å². The van der Waals surface area contributed by atoms with Gasteiger partial charge in [0.25, 0.3) is 5.91 Å². The first kappa shape index (κ1) is 25.3. The molecule has 0 spiro atoms. The number of thiazole rings is 1. The van der Waals surface area contributed by atoms with Gasteiger partial charge in [-0.2, -0.15) is 9.30 Å². The van der Waals surface area contributed by atoms with Gasteiger partial charge < -0.3 is 14.0 Å². The van der Waals surface area contributed by atoms with Gasteiger partial charge in [0.2, 0.25) is 10.0 Å². The Bertz CT molecular complexity index is 1400. The highest BCUT2D eigenvalue weighted by Crippen LogP contribution is 2.28. The zero-order valence-electron chi connectivity index (χ0n) is 20.0. The molecular formula is C25H29N3O5S2. The van der Waals surface area contributed by atoms with Crippen LogP contribution in [0.4, 0.5) is 0 Å². The van der Waals surface area contributed by atoms with Crippen LogP contribution in [0.25, 0.3) is 10.2 Å². The highest BCUT2D eigenvalue weighted by molar-refractivity contribution is 7.89. The second kappa shape index (κ2) is 10.4. The number of rotatable bonds is 7. The molecule has 1 aliphatic heterocycles. The van der Waals surface area contributed by atoms with E-state index in [1.54, 1.807) is 6.08 Å². The van der Waals surface area contributed by atoms with Crippen molar-refractivity contribution < 1.29 is 22.7 Å². The molecule has 1 saturated heterocycles. The van der Waals surface area contributed by atoms with Gasteiger partial charge in [-0.25, -0.2) is 8.42 Å². The van der Waals surface area contributed by atoms with E-state index in [-0.39, 0.29) is 17.1 Å². The standard InChI is InChI=1S/C25H29N3O5S2/c1-5-14-28-23-21(32-6-2)8-7-9-22(23)34-25(28)26-24(29)19-10-12-20(13-11-19)35(30,31)27-15-17(3)33-18(4)16-27/h5,7-13,17-18H,1,6,14-16H2,2-4H3. The van der Waals surface area contributed by atoms with E-state index in [9.17, 15) is 13.2 Å². The van der Waals surface area contributed by atoms with Gasteiger partial charge >= 0.3 is 0 Å². The number of ether oxygens (including phenoxy) is 2. The Morgan fingerprint density at radius 3 is 2.51 bits per heavy atom. The summed E-state index contributed by atoms with van der Waals surface area (Å²) in [5.41, 5.74) is 1.17. The molecule has 0 radical (unpaired) electrons. The molecule has 186 valence electrons. The molecule has 1 fully saturated rings. The molecule has 0 aliphatic carbocycles. The van der Waals surface area contributed by atoms with Gasteiger partial charge in [-0.15, -0.1) is 6.58 Å². The summed E-state index contributed by atoms with van der Waals surface area (Å²) in [6.45, 7) is 11.0. The SMILES string of the molecule is C=CCn1c(=NC(=O)c2ccc(S(=O)(=O)N3CC(C)OC(C)C3)cc2)sc2cccc(OCC)c21. The summed E-state index contributed by atoms with van der Waals surface area (Å²) in [6.07, 6.45) is 1.38. The minimum Gasteiger partial charge on any atom is -0.492 e. The van der Waals surface area contributed by atoms with Crippen molar-refractivity contribution in [1.29, 1.82) is 0 Å². The van der Waals surface area contributed by atoms with Crippen molar-refractivity contribution in [2.24, 2.45) is 4.99 Å². The van der Waals surface area contributed by atoms with Crippen molar-refractivity contribution in [2.75, 3.05) is 19.7 Å². The molecule has 1 amide bonds. The molecule has 0 N–H and O–H groups in total. The molecule has 1 aromatic heterocycles. The minimum atomic E-state index is -3.69. The minimum absolute atomic E-state index is 0.139. The fourth-order valence-electron chi connectivity index (χ4n) is 4.15. The number of sulfonamides is 1. The van der Waals surface area contributed by atoms with Crippen LogP contribution in [-0.4, -0.2) is 55.1 Å². The van der Waals surface area contributed by atoms with E-state index in [2.05, 4.69) is 11.6 Å². The number of allylic oxidation sites excluding steroid dienone is 1. The normalized spacial score (nSPS) is 19.7. The smallest absolute Gasteiger partial charge is 0.279 e. The Hall–Kier alpha value is -2.79. The van der Waals surface area contributed by atoms with Crippen LogP contribution < -0.4 is 9.54 Å². The van der Waals surface area contributed by atoms with E-state index >= 15 is 0 Å². The third-order valence-electron chi connectivity index (χ3n) is 5.60. The Balaban J connectivity index is 1.66. The van der Waals surface area contributed by atoms with Crippen molar-refractivity contribution in [3.05, 3.63) is 65.5 Å². The van der Waals surface area contributed by atoms with Gasteiger partial charge in [0.15, 0.2) is 4.80 Å². The van der Waals surface area contributed by atoms with Crippen molar-refractivity contribution in [3.63, 3.8) is 0 Å². The number of aromatic nitrogens is 1. The van der Waals surface area contributed by atoms with Gasteiger partial charge in [0, 0.05) is 25.2 Å². The Morgan fingerprint density at radius 1 is 1.20 bits per heavy atom. The first-order valence-corrected chi connectivity index (χ1v) is 13.7. The van der Waals surface area contributed by atoms with Crippen LogP contribution in [-0.2, 0) is 21.3 Å². The number of morpholine rings is 1. The molecule has 0 saturated carbocycles. The number of para-hydroxylation sites is 1. The summed E-state index contributed by atoms with van der Waals surface area (Å²) in [4.78, 5) is 18.0. The predicted molar refractivity (Wildman–Crippen MR) is 136 cm³/mol. The highest BCUT2D eigenvalue weighted by atomic mass is 32.2. The molecule has 2 aromatic carbocycles. The van der Waals surface area contributed by atoms with E-state index < -0.39 is 15.9 Å². The number of hydrogen-bond donors (Lipinski definition) is 0.